The summed E-state index contributed by atoms with van der Waals surface area (Å²) < 4.78 is 20.9. The molecule has 146 valence electrons. The molecular formula is C18H24N4O5. The summed E-state index contributed by atoms with van der Waals surface area (Å²) in [4.78, 5) is 20.3. The van der Waals surface area contributed by atoms with Crippen molar-refractivity contribution in [2.24, 2.45) is 0 Å². The first-order valence-corrected chi connectivity index (χ1v) is 8.29. The molecular weight excluding hydrogens is 352 g/mol. The van der Waals surface area contributed by atoms with Gasteiger partial charge in [-0.3, -0.25) is 4.79 Å². The second kappa shape index (κ2) is 10.2. The highest BCUT2D eigenvalue weighted by Crippen LogP contribution is 2.40. The van der Waals surface area contributed by atoms with Gasteiger partial charge in [0, 0.05) is 44.1 Å². The number of hydrogen-bond acceptors (Lipinski definition) is 8. The van der Waals surface area contributed by atoms with Crippen LogP contribution in [0.2, 0.25) is 0 Å². The normalized spacial score (nSPS) is 10.2. The molecule has 2 N–H and O–H groups in total. The van der Waals surface area contributed by atoms with E-state index in [4.69, 9.17) is 18.9 Å². The molecule has 0 aliphatic carbocycles. The number of amides is 1. The molecule has 2 aromatic rings. The van der Waals surface area contributed by atoms with Crippen molar-refractivity contribution in [3.05, 3.63) is 30.2 Å². The maximum atomic E-state index is 12.2. The van der Waals surface area contributed by atoms with E-state index in [1.54, 1.807) is 25.3 Å². The number of aromatic nitrogens is 2. The zero-order chi connectivity index (χ0) is 19.6. The lowest BCUT2D eigenvalue weighted by atomic mass is 10.2. The minimum Gasteiger partial charge on any atom is -0.493 e. The third-order valence-electron chi connectivity index (χ3n) is 3.65. The summed E-state index contributed by atoms with van der Waals surface area (Å²) in [6.45, 7) is 1.09. The Hall–Kier alpha value is -3.07. The number of benzene rings is 1. The van der Waals surface area contributed by atoms with E-state index in [1.165, 1.54) is 27.7 Å². The Morgan fingerprint density at radius 3 is 2.30 bits per heavy atom. The molecule has 0 fully saturated rings. The van der Waals surface area contributed by atoms with Crippen LogP contribution in [-0.2, 0) is 4.74 Å². The van der Waals surface area contributed by atoms with Crippen LogP contribution in [0, 0.1) is 0 Å². The average molecular weight is 376 g/mol. The van der Waals surface area contributed by atoms with E-state index in [2.05, 4.69) is 20.6 Å². The highest BCUT2D eigenvalue weighted by atomic mass is 16.5. The Labute approximate surface area is 158 Å². The number of hydrogen-bond donors (Lipinski definition) is 2. The summed E-state index contributed by atoms with van der Waals surface area (Å²) in [7, 11) is 6.23. The molecule has 9 heteroatoms. The van der Waals surface area contributed by atoms with Gasteiger partial charge in [0.2, 0.25) is 5.75 Å². The van der Waals surface area contributed by atoms with Crippen LogP contribution in [0.4, 0.5) is 11.5 Å². The Morgan fingerprint density at radius 2 is 1.70 bits per heavy atom. The van der Waals surface area contributed by atoms with Gasteiger partial charge < -0.3 is 29.6 Å². The molecule has 2 rings (SSSR count). The number of carbonyl (C=O) groups is 1. The minimum absolute atomic E-state index is 0.261. The number of nitrogens with one attached hydrogen (secondary N) is 2. The van der Waals surface area contributed by atoms with E-state index in [1.807, 2.05) is 0 Å². The fourth-order valence-corrected chi connectivity index (χ4v) is 2.36. The highest BCUT2D eigenvalue weighted by molar-refractivity contribution is 5.93. The van der Waals surface area contributed by atoms with Gasteiger partial charge in [-0.1, -0.05) is 0 Å². The van der Waals surface area contributed by atoms with Gasteiger partial charge in [-0.15, -0.1) is 0 Å². The number of nitrogens with zero attached hydrogens (tertiary/aromatic N) is 2. The molecule has 1 aromatic carbocycles. The zero-order valence-electron chi connectivity index (χ0n) is 15.9. The molecule has 1 amide bonds. The molecule has 1 aromatic heterocycles. The van der Waals surface area contributed by atoms with Crippen LogP contribution in [0.25, 0.3) is 0 Å². The topological polar surface area (TPSA) is 104 Å². The van der Waals surface area contributed by atoms with Gasteiger partial charge in [-0.2, -0.15) is 0 Å². The van der Waals surface area contributed by atoms with Gasteiger partial charge in [0.25, 0.3) is 5.91 Å². The second-order valence-corrected chi connectivity index (χ2v) is 5.43. The van der Waals surface area contributed by atoms with Gasteiger partial charge >= 0.3 is 0 Å². The summed E-state index contributed by atoms with van der Waals surface area (Å²) in [5.41, 5.74) is 0.923. The third-order valence-corrected chi connectivity index (χ3v) is 3.65. The molecule has 0 bridgehead atoms. The van der Waals surface area contributed by atoms with Crippen LogP contribution < -0.4 is 24.8 Å². The van der Waals surface area contributed by atoms with Crippen LogP contribution in [0.15, 0.2) is 24.5 Å². The van der Waals surface area contributed by atoms with Crippen molar-refractivity contribution in [1.29, 1.82) is 0 Å². The number of anilines is 2. The SMILES string of the molecule is COCCCNC(=O)c1cc(Nc2cc(OC)c(OC)c(OC)c2)ncn1. The molecule has 0 aliphatic heterocycles. The highest BCUT2D eigenvalue weighted by Gasteiger charge is 2.14. The van der Waals surface area contributed by atoms with Crippen LogP contribution >= 0.6 is 0 Å². The van der Waals surface area contributed by atoms with E-state index >= 15 is 0 Å². The molecule has 27 heavy (non-hydrogen) atoms. The minimum atomic E-state index is -0.276. The quantitative estimate of drug-likeness (QED) is 0.607. The average Bonchev–Trinajstić information content (AvgIpc) is 2.70. The van der Waals surface area contributed by atoms with Crippen LogP contribution in [0.1, 0.15) is 16.9 Å². The third kappa shape index (κ3) is 5.45. The van der Waals surface area contributed by atoms with Gasteiger partial charge in [0.1, 0.15) is 17.8 Å². The number of methoxy groups -OCH3 is 4. The molecule has 0 saturated carbocycles. The monoisotopic (exact) mass is 376 g/mol. The van der Waals surface area contributed by atoms with Crippen molar-refractivity contribution in [3.8, 4) is 17.2 Å². The molecule has 0 unspecified atom stereocenters. The van der Waals surface area contributed by atoms with Crippen LogP contribution in [0.5, 0.6) is 17.2 Å². The lowest BCUT2D eigenvalue weighted by molar-refractivity contribution is 0.0943. The predicted octanol–water partition coefficient (Wildman–Crippen LogP) is 2.01. The largest absolute Gasteiger partial charge is 0.493 e. The molecule has 0 spiro atoms. The fourth-order valence-electron chi connectivity index (χ4n) is 2.36. The maximum absolute atomic E-state index is 12.2. The van der Waals surface area contributed by atoms with E-state index < -0.39 is 0 Å². The number of rotatable bonds is 10. The molecule has 0 atom stereocenters. The van der Waals surface area contributed by atoms with Crippen LogP contribution in [-0.4, -0.2) is 57.5 Å². The van der Waals surface area contributed by atoms with E-state index in [0.717, 1.165) is 6.42 Å². The molecule has 0 aliphatic rings. The molecule has 9 nitrogen and oxygen atoms in total. The van der Waals surface area contributed by atoms with E-state index in [-0.39, 0.29) is 11.6 Å². The Kier molecular flexibility index (Phi) is 7.63. The van der Waals surface area contributed by atoms with Crippen molar-refractivity contribution in [3.63, 3.8) is 0 Å². The predicted molar refractivity (Wildman–Crippen MR) is 100 cm³/mol. The summed E-state index contributed by atoms with van der Waals surface area (Å²) >= 11 is 0. The molecule has 0 saturated heterocycles. The first-order chi connectivity index (χ1) is 13.1. The summed E-state index contributed by atoms with van der Waals surface area (Å²) in [5.74, 6) is 1.68. The first-order valence-electron chi connectivity index (χ1n) is 8.29. The zero-order valence-corrected chi connectivity index (χ0v) is 15.9. The Morgan fingerprint density at radius 1 is 1.00 bits per heavy atom. The van der Waals surface area contributed by atoms with Gasteiger partial charge in [0.05, 0.1) is 21.3 Å². The lowest BCUT2D eigenvalue weighted by Gasteiger charge is -2.15. The standard InChI is InChI=1S/C18H24N4O5/c1-24-7-5-6-19-18(23)13-10-16(21-11-20-13)22-12-8-14(25-2)17(27-4)15(9-12)26-3/h8-11H,5-7H2,1-4H3,(H,19,23)(H,20,21,22). The van der Waals surface area contributed by atoms with Gasteiger partial charge in [-0.25, -0.2) is 9.97 Å². The van der Waals surface area contributed by atoms with Crippen molar-refractivity contribution >= 4 is 17.4 Å². The fraction of sp³-hybridized carbons (Fsp3) is 0.389. The van der Waals surface area contributed by atoms with Crippen molar-refractivity contribution in [2.45, 2.75) is 6.42 Å². The van der Waals surface area contributed by atoms with Crippen molar-refractivity contribution in [1.82, 2.24) is 15.3 Å². The molecule has 0 radical (unpaired) electrons. The van der Waals surface area contributed by atoms with Crippen molar-refractivity contribution < 1.29 is 23.7 Å². The van der Waals surface area contributed by atoms with E-state index in [0.29, 0.717) is 41.9 Å². The van der Waals surface area contributed by atoms with Gasteiger partial charge in [0.15, 0.2) is 11.5 Å². The second-order valence-electron chi connectivity index (χ2n) is 5.43. The van der Waals surface area contributed by atoms with Gasteiger partial charge in [-0.05, 0) is 6.42 Å². The lowest BCUT2D eigenvalue weighted by Crippen LogP contribution is -2.26. The number of carbonyl (C=O) groups excluding carboxylic acids is 1. The summed E-state index contributed by atoms with van der Waals surface area (Å²) in [6.07, 6.45) is 2.05. The Balaban J connectivity index is 2.15. The summed E-state index contributed by atoms with van der Waals surface area (Å²) in [6, 6.07) is 5.05. The first kappa shape index (κ1) is 20.2. The maximum Gasteiger partial charge on any atom is 0.270 e. The Bertz CT molecular complexity index is 744. The summed E-state index contributed by atoms with van der Waals surface area (Å²) in [5, 5.41) is 5.89. The molecule has 1 heterocycles. The smallest absolute Gasteiger partial charge is 0.270 e. The number of ether oxygens (including phenoxy) is 4. The van der Waals surface area contributed by atoms with E-state index in [9.17, 15) is 4.79 Å². The van der Waals surface area contributed by atoms with Crippen molar-refractivity contribution in [2.75, 3.05) is 46.9 Å². The van der Waals surface area contributed by atoms with Crippen LogP contribution in [0.3, 0.4) is 0 Å².